The van der Waals surface area contributed by atoms with Crippen LogP contribution in [-0.2, 0) is 6.42 Å². The molecule has 0 saturated carbocycles. The van der Waals surface area contributed by atoms with E-state index in [0.29, 0.717) is 6.04 Å². The van der Waals surface area contributed by atoms with Gasteiger partial charge in [-0.05, 0) is 48.0 Å². The number of aromatic nitrogens is 2. The number of halogens is 1. The number of nitrogens with zero attached hydrogens (tertiary/aromatic N) is 3. The summed E-state index contributed by atoms with van der Waals surface area (Å²) in [6, 6.07) is 2.74. The van der Waals surface area contributed by atoms with Crippen molar-refractivity contribution < 1.29 is 0 Å². The van der Waals surface area contributed by atoms with Crippen molar-refractivity contribution in [3.63, 3.8) is 0 Å². The van der Waals surface area contributed by atoms with E-state index >= 15 is 0 Å². The lowest BCUT2D eigenvalue weighted by Crippen LogP contribution is -2.40. The van der Waals surface area contributed by atoms with Crippen molar-refractivity contribution >= 4 is 21.7 Å². The summed E-state index contributed by atoms with van der Waals surface area (Å²) in [5.41, 5.74) is 0. The zero-order valence-corrected chi connectivity index (χ0v) is 13.6. The lowest BCUT2D eigenvalue weighted by molar-refractivity contribution is 0.431. The van der Waals surface area contributed by atoms with Crippen LogP contribution in [0.3, 0.4) is 0 Å². The summed E-state index contributed by atoms with van der Waals surface area (Å²) in [5.74, 6) is 2.08. The molecule has 1 aliphatic rings. The van der Waals surface area contributed by atoms with Gasteiger partial charge in [0.2, 0.25) is 0 Å². The quantitative estimate of drug-likeness (QED) is 0.753. The van der Waals surface area contributed by atoms with Gasteiger partial charge in [-0.15, -0.1) is 0 Å². The van der Waals surface area contributed by atoms with Gasteiger partial charge in [-0.3, -0.25) is 0 Å². The largest absolute Gasteiger partial charge is 0.353 e. The van der Waals surface area contributed by atoms with Crippen molar-refractivity contribution in [3.05, 3.63) is 16.5 Å². The molecule has 2 heterocycles. The van der Waals surface area contributed by atoms with E-state index in [4.69, 9.17) is 4.98 Å². The maximum atomic E-state index is 4.76. The van der Waals surface area contributed by atoms with Crippen molar-refractivity contribution in [2.75, 3.05) is 11.4 Å². The van der Waals surface area contributed by atoms with Gasteiger partial charge in [-0.1, -0.05) is 20.3 Å². The summed E-state index contributed by atoms with van der Waals surface area (Å²) >= 11 is 3.53. The molecule has 3 nitrogen and oxygen atoms in total. The van der Waals surface area contributed by atoms with Crippen LogP contribution in [0.1, 0.15) is 58.2 Å². The molecule has 2 rings (SSSR count). The van der Waals surface area contributed by atoms with Crippen molar-refractivity contribution in [3.8, 4) is 0 Å². The lowest BCUT2D eigenvalue weighted by atomic mass is 9.98. The number of rotatable bonds is 5. The molecule has 1 aromatic rings. The second-order valence-electron chi connectivity index (χ2n) is 5.35. The first-order chi connectivity index (χ1) is 9.24. The van der Waals surface area contributed by atoms with Crippen molar-refractivity contribution in [1.82, 2.24) is 9.97 Å². The van der Waals surface area contributed by atoms with E-state index in [2.05, 4.69) is 45.7 Å². The van der Waals surface area contributed by atoms with Crippen LogP contribution in [0.4, 0.5) is 5.82 Å². The van der Waals surface area contributed by atoms with Gasteiger partial charge in [0.25, 0.3) is 0 Å². The standard InChI is InChI=1S/C15H24BrN3/c1-3-7-12-9-5-6-10-19(12)15-11-13(16)17-14(18-15)8-4-2/h11-12H,3-10H2,1-2H3. The van der Waals surface area contributed by atoms with Gasteiger partial charge in [0.15, 0.2) is 0 Å². The van der Waals surface area contributed by atoms with Crippen LogP contribution < -0.4 is 4.90 Å². The first-order valence-corrected chi connectivity index (χ1v) is 8.34. The highest BCUT2D eigenvalue weighted by Crippen LogP contribution is 2.27. The number of hydrogen-bond donors (Lipinski definition) is 0. The molecule has 1 atom stereocenters. The predicted octanol–water partition coefficient (Wildman–Crippen LogP) is 4.35. The molecule has 0 bridgehead atoms. The zero-order chi connectivity index (χ0) is 13.7. The summed E-state index contributed by atoms with van der Waals surface area (Å²) < 4.78 is 0.918. The van der Waals surface area contributed by atoms with Crippen LogP contribution in [0.25, 0.3) is 0 Å². The molecular weight excluding hydrogens is 302 g/mol. The molecule has 1 aromatic heterocycles. The molecule has 0 N–H and O–H groups in total. The average molecular weight is 326 g/mol. The van der Waals surface area contributed by atoms with Crippen LogP contribution in [0, 0.1) is 0 Å². The monoisotopic (exact) mass is 325 g/mol. The normalized spacial score (nSPS) is 19.7. The third-order valence-electron chi connectivity index (χ3n) is 3.74. The van der Waals surface area contributed by atoms with E-state index in [0.717, 1.165) is 35.6 Å². The first-order valence-electron chi connectivity index (χ1n) is 7.54. The first kappa shape index (κ1) is 14.8. The number of hydrogen-bond acceptors (Lipinski definition) is 3. The van der Waals surface area contributed by atoms with Gasteiger partial charge in [-0.25, -0.2) is 9.97 Å². The predicted molar refractivity (Wildman–Crippen MR) is 83.6 cm³/mol. The van der Waals surface area contributed by atoms with Crippen LogP contribution in [0.2, 0.25) is 0 Å². The summed E-state index contributed by atoms with van der Waals surface area (Å²) in [6.07, 6.45) is 8.51. The second kappa shape index (κ2) is 7.22. The molecule has 0 spiro atoms. The highest BCUT2D eigenvalue weighted by molar-refractivity contribution is 9.10. The third kappa shape index (κ3) is 3.91. The molecule has 1 unspecified atom stereocenters. The zero-order valence-electron chi connectivity index (χ0n) is 12.0. The second-order valence-corrected chi connectivity index (χ2v) is 6.16. The van der Waals surface area contributed by atoms with Crippen LogP contribution in [0.15, 0.2) is 10.7 Å². The Morgan fingerprint density at radius 1 is 1.26 bits per heavy atom. The van der Waals surface area contributed by atoms with Crippen LogP contribution in [-0.4, -0.2) is 22.6 Å². The van der Waals surface area contributed by atoms with Gasteiger partial charge >= 0.3 is 0 Å². The molecule has 19 heavy (non-hydrogen) atoms. The van der Waals surface area contributed by atoms with Gasteiger partial charge in [-0.2, -0.15) is 0 Å². The Morgan fingerprint density at radius 3 is 2.84 bits per heavy atom. The Hall–Kier alpha value is -0.640. The molecule has 106 valence electrons. The fraction of sp³-hybridized carbons (Fsp3) is 0.733. The SMILES string of the molecule is CCCc1nc(Br)cc(N2CCCCC2CCC)n1. The molecule has 1 aliphatic heterocycles. The van der Waals surface area contributed by atoms with Crippen molar-refractivity contribution in [2.24, 2.45) is 0 Å². The molecule has 0 amide bonds. The van der Waals surface area contributed by atoms with E-state index < -0.39 is 0 Å². The maximum absolute atomic E-state index is 4.76. The summed E-state index contributed by atoms with van der Waals surface area (Å²) in [4.78, 5) is 11.7. The van der Waals surface area contributed by atoms with Gasteiger partial charge in [0, 0.05) is 25.1 Å². The molecule has 0 aliphatic carbocycles. The van der Waals surface area contributed by atoms with E-state index in [1.54, 1.807) is 0 Å². The minimum Gasteiger partial charge on any atom is -0.353 e. The van der Waals surface area contributed by atoms with Gasteiger partial charge < -0.3 is 4.90 Å². The van der Waals surface area contributed by atoms with Crippen LogP contribution in [0.5, 0.6) is 0 Å². The van der Waals surface area contributed by atoms with Crippen LogP contribution >= 0.6 is 15.9 Å². The minimum absolute atomic E-state index is 0.662. The number of aryl methyl sites for hydroxylation is 1. The van der Waals surface area contributed by atoms with E-state index in [1.165, 1.54) is 32.1 Å². The fourth-order valence-electron chi connectivity index (χ4n) is 2.87. The van der Waals surface area contributed by atoms with E-state index in [9.17, 15) is 0 Å². The highest BCUT2D eigenvalue weighted by Gasteiger charge is 2.23. The van der Waals surface area contributed by atoms with E-state index in [1.807, 2.05) is 0 Å². The Balaban J connectivity index is 2.22. The number of anilines is 1. The minimum atomic E-state index is 0.662. The average Bonchev–Trinajstić information content (AvgIpc) is 2.39. The highest BCUT2D eigenvalue weighted by atomic mass is 79.9. The van der Waals surface area contributed by atoms with Crippen molar-refractivity contribution in [1.29, 1.82) is 0 Å². The van der Waals surface area contributed by atoms with Gasteiger partial charge in [0.1, 0.15) is 16.2 Å². The summed E-state index contributed by atoms with van der Waals surface area (Å²) in [6.45, 7) is 5.58. The third-order valence-corrected chi connectivity index (χ3v) is 4.15. The smallest absolute Gasteiger partial charge is 0.133 e. The maximum Gasteiger partial charge on any atom is 0.133 e. The lowest BCUT2D eigenvalue weighted by Gasteiger charge is -2.36. The van der Waals surface area contributed by atoms with Crippen molar-refractivity contribution in [2.45, 2.75) is 64.8 Å². The Kier molecular flexibility index (Phi) is 5.61. The Bertz CT molecular complexity index is 406. The molecule has 1 fully saturated rings. The molecular formula is C15H24BrN3. The van der Waals surface area contributed by atoms with Gasteiger partial charge in [0.05, 0.1) is 0 Å². The topological polar surface area (TPSA) is 29.0 Å². The molecule has 0 radical (unpaired) electrons. The van der Waals surface area contributed by atoms with E-state index in [-0.39, 0.29) is 0 Å². The summed E-state index contributed by atoms with van der Waals surface area (Å²) in [5, 5.41) is 0. The Morgan fingerprint density at radius 2 is 2.11 bits per heavy atom. The molecule has 4 heteroatoms. The Labute approximate surface area is 125 Å². The fourth-order valence-corrected chi connectivity index (χ4v) is 3.28. The molecule has 0 aromatic carbocycles. The number of piperidine rings is 1. The summed E-state index contributed by atoms with van der Waals surface area (Å²) in [7, 11) is 0. The molecule has 1 saturated heterocycles.